The lowest BCUT2D eigenvalue weighted by molar-refractivity contribution is -0.126. The van der Waals surface area contributed by atoms with E-state index >= 15 is 0 Å². The monoisotopic (exact) mass is 193 g/mol. The third kappa shape index (κ3) is 1.75. The Morgan fingerprint density at radius 3 is 2.93 bits per heavy atom. The minimum absolute atomic E-state index is 0.137. The van der Waals surface area contributed by atoms with Gasteiger partial charge in [0.05, 0.1) is 19.1 Å². The molecule has 0 aromatic carbocycles. The fourth-order valence-electron chi connectivity index (χ4n) is 1.57. The fraction of sp³-hybridized carbons (Fsp3) is 0.400. The van der Waals surface area contributed by atoms with Gasteiger partial charge in [0.1, 0.15) is 5.78 Å². The van der Waals surface area contributed by atoms with Crippen molar-refractivity contribution in [3.63, 3.8) is 0 Å². The van der Waals surface area contributed by atoms with Crippen LogP contribution in [0.3, 0.4) is 0 Å². The summed E-state index contributed by atoms with van der Waals surface area (Å²) in [5, 5.41) is 0. The molecule has 1 saturated heterocycles. The van der Waals surface area contributed by atoms with Gasteiger partial charge in [-0.2, -0.15) is 0 Å². The van der Waals surface area contributed by atoms with E-state index in [-0.39, 0.29) is 17.3 Å². The number of carbonyl (C=O) groups excluding carboxylic acids is 1. The Hall–Kier alpha value is -1.42. The van der Waals surface area contributed by atoms with Crippen molar-refractivity contribution in [3.8, 4) is 0 Å². The number of nitrogens with one attached hydrogen (secondary N) is 1. The minimum Gasteiger partial charge on any atom is -0.380 e. The first-order chi connectivity index (χ1) is 6.77. The Bertz CT molecular complexity index is 396. The molecule has 0 saturated carbocycles. The summed E-state index contributed by atoms with van der Waals surface area (Å²) in [4.78, 5) is 25.2. The number of aromatic nitrogens is 1. The van der Waals surface area contributed by atoms with Gasteiger partial charge in [-0.1, -0.05) is 6.07 Å². The maximum Gasteiger partial charge on any atom is 0.248 e. The number of rotatable bonds is 1. The molecule has 1 aromatic rings. The Morgan fingerprint density at radius 1 is 1.36 bits per heavy atom. The number of carbonyl (C=O) groups is 1. The molecule has 0 amide bonds. The second-order valence-electron chi connectivity index (χ2n) is 3.31. The molecular weight excluding hydrogens is 182 g/mol. The summed E-state index contributed by atoms with van der Waals surface area (Å²) in [7, 11) is 0. The highest BCUT2D eigenvalue weighted by Crippen LogP contribution is 2.19. The molecule has 1 aromatic heterocycles. The minimum atomic E-state index is -0.294. The van der Waals surface area contributed by atoms with Gasteiger partial charge < -0.3 is 9.72 Å². The first kappa shape index (κ1) is 9.15. The zero-order valence-corrected chi connectivity index (χ0v) is 7.66. The first-order valence-electron chi connectivity index (χ1n) is 4.57. The second kappa shape index (κ2) is 3.75. The summed E-state index contributed by atoms with van der Waals surface area (Å²) in [6, 6.07) is 4.83. The van der Waals surface area contributed by atoms with Crippen molar-refractivity contribution in [1.29, 1.82) is 0 Å². The lowest BCUT2D eigenvalue weighted by Gasteiger charge is -2.20. The molecule has 2 heterocycles. The normalized spacial score (nSPS) is 22.3. The van der Waals surface area contributed by atoms with Crippen molar-refractivity contribution in [2.24, 2.45) is 0 Å². The van der Waals surface area contributed by atoms with Crippen LogP contribution in [-0.2, 0) is 9.53 Å². The molecule has 2 rings (SSSR count). The zero-order chi connectivity index (χ0) is 9.97. The van der Waals surface area contributed by atoms with Gasteiger partial charge in [-0.25, -0.2) is 0 Å². The smallest absolute Gasteiger partial charge is 0.248 e. The van der Waals surface area contributed by atoms with Gasteiger partial charge in [0.2, 0.25) is 5.56 Å². The van der Waals surface area contributed by atoms with Crippen LogP contribution < -0.4 is 5.56 Å². The summed E-state index contributed by atoms with van der Waals surface area (Å²) < 4.78 is 5.20. The summed E-state index contributed by atoms with van der Waals surface area (Å²) in [6.45, 7) is 0.866. The van der Waals surface area contributed by atoms with Crippen molar-refractivity contribution >= 4 is 5.78 Å². The van der Waals surface area contributed by atoms with Crippen LogP contribution in [0.1, 0.15) is 18.0 Å². The van der Waals surface area contributed by atoms with E-state index in [1.54, 1.807) is 12.1 Å². The highest BCUT2D eigenvalue weighted by atomic mass is 16.5. The Morgan fingerprint density at radius 2 is 2.21 bits per heavy atom. The molecule has 0 aliphatic carbocycles. The number of hydrogen-bond donors (Lipinski definition) is 1. The lowest BCUT2D eigenvalue weighted by atomic mass is 9.96. The van der Waals surface area contributed by atoms with Crippen LogP contribution in [0.5, 0.6) is 0 Å². The molecule has 1 aliphatic heterocycles. The van der Waals surface area contributed by atoms with Crippen molar-refractivity contribution < 1.29 is 9.53 Å². The average molecular weight is 193 g/mol. The van der Waals surface area contributed by atoms with Crippen molar-refractivity contribution in [3.05, 3.63) is 34.2 Å². The molecule has 4 heteroatoms. The van der Waals surface area contributed by atoms with Crippen molar-refractivity contribution in [2.75, 3.05) is 13.2 Å². The topological polar surface area (TPSA) is 59.2 Å². The number of aromatic amines is 1. The predicted octanol–water partition coefficient (Wildman–Crippen LogP) is 0.448. The van der Waals surface area contributed by atoms with Crippen LogP contribution in [-0.4, -0.2) is 24.0 Å². The maximum absolute atomic E-state index is 11.5. The summed E-state index contributed by atoms with van der Waals surface area (Å²) in [5.41, 5.74) is 0.475. The van der Waals surface area contributed by atoms with Crippen LogP contribution in [0.15, 0.2) is 23.0 Å². The van der Waals surface area contributed by atoms with Crippen LogP contribution in [0.4, 0.5) is 0 Å². The molecule has 1 N–H and O–H groups in total. The maximum atomic E-state index is 11.5. The van der Waals surface area contributed by atoms with E-state index in [9.17, 15) is 9.59 Å². The Balaban J connectivity index is 2.29. The average Bonchev–Trinajstić information content (AvgIpc) is 2.18. The number of pyridine rings is 1. The molecule has 74 valence electrons. The summed E-state index contributed by atoms with van der Waals surface area (Å²) in [6.07, 6.45) is 0.432. The number of ether oxygens (including phenoxy) is 1. The largest absolute Gasteiger partial charge is 0.380 e. The fourth-order valence-corrected chi connectivity index (χ4v) is 1.57. The standard InChI is InChI=1S/C10H11NO3/c12-9-4-5-14-6-7(9)8-2-1-3-10(13)11-8/h1-3,7H,4-6H2,(H,11,13). The van der Waals surface area contributed by atoms with Crippen molar-refractivity contribution in [2.45, 2.75) is 12.3 Å². The molecule has 0 bridgehead atoms. The predicted molar refractivity (Wildman–Crippen MR) is 50.2 cm³/mol. The van der Waals surface area contributed by atoms with Crippen molar-refractivity contribution in [1.82, 2.24) is 4.98 Å². The number of Topliss-reactive ketones (excluding diaryl/α,β-unsaturated/α-hetero) is 1. The molecular formula is C10H11NO3. The molecule has 0 radical (unpaired) electrons. The zero-order valence-electron chi connectivity index (χ0n) is 7.66. The molecule has 14 heavy (non-hydrogen) atoms. The molecule has 0 spiro atoms. The first-order valence-corrected chi connectivity index (χ1v) is 4.57. The van der Waals surface area contributed by atoms with Crippen LogP contribution in [0.2, 0.25) is 0 Å². The third-order valence-corrected chi connectivity index (χ3v) is 2.33. The van der Waals surface area contributed by atoms with Crippen LogP contribution in [0.25, 0.3) is 0 Å². The highest BCUT2D eigenvalue weighted by Gasteiger charge is 2.24. The second-order valence-corrected chi connectivity index (χ2v) is 3.31. The molecule has 1 unspecified atom stereocenters. The van der Waals surface area contributed by atoms with E-state index < -0.39 is 0 Å². The van der Waals surface area contributed by atoms with Gasteiger partial charge >= 0.3 is 0 Å². The Kier molecular flexibility index (Phi) is 2.45. The third-order valence-electron chi connectivity index (χ3n) is 2.33. The van der Waals surface area contributed by atoms with Gasteiger partial charge in [0.25, 0.3) is 0 Å². The van der Waals surface area contributed by atoms with Gasteiger partial charge in [-0.05, 0) is 6.07 Å². The van der Waals surface area contributed by atoms with Gasteiger partial charge in [-0.15, -0.1) is 0 Å². The van der Waals surface area contributed by atoms with Gasteiger partial charge in [0.15, 0.2) is 0 Å². The van der Waals surface area contributed by atoms with E-state index in [4.69, 9.17) is 4.74 Å². The number of hydrogen-bond acceptors (Lipinski definition) is 3. The highest BCUT2D eigenvalue weighted by molar-refractivity contribution is 5.86. The lowest BCUT2D eigenvalue weighted by Crippen LogP contribution is -2.27. The molecule has 4 nitrogen and oxygen atoms in total. The van der Waals surface area contributed by atoms with E-state index in [1.165, 1.54) is 6.07 Å². The number of H-pyrrole nitrogens is 1. The van der Waals surface area contributed by atoms with E-state index in [0.29, 0.717) is 25.3 Å². The van der Waals surface area contributed by atoms with Gasteiger partial charge in [-0.3, -0.25) is 9.59 Å². The Labute approximate surface area is 80.9 Å². The SMILES string of the molecule is O=C1CCOCC1c1cccc(=O)[nH]1. The molecule has 1 atom stereocenters. The van der Waals surface area contributed by atoms with Crippen LogP contribution in [0, 0.1) is 0 Å². The van der Waals surface area contributed by atoms with Gasteiger partial charge in [0, 0.05) is 18.2 Å². The summed E-state index contributed by atoms with van der Waals surface area (Å²) >= 11 is 0. The summed E-state index contributed by atoms with van der Waals surface area (Å²) in [5.74, 6) is -0.157. The molecule has 1 aliphatic rings. The van der Waals surface area contributed by atoms with Crippen LogP contribution >= 0.6 is 0 Å². The van der Waals surface area contributed by atoms with E-state index in [0.717, 1.165) is 0 Å². The number of ketones is 1. The molecule has 1 fully saturated rings. The van der Waals surface area contributed by atoms with E-state index in [1.807, 2.05) is 0 Å². The van der Waals surface area contributed by atoms with E-state index in [2.05, 4.69) is 4.98 Å². The quantitative estimate of drug-likeness (QED) is 0.704.